The third kappa shape index (κ3) is 2.15. The molecule has 0 fully saturated rings. The Balaban J connectivity index is 2.03. The van der Waals surface area contributed by atoms with Gasteiger partial charge in [0.2, 0.25) is 0 Å². The molecule has 0 bridgehead atoms. The molecule has 1 aromatic carbocycles. The molecule has 0 saturated carbocycles. The summed E-state index contributed by atoms with van der Waals surface area (Å²) in [6, 6.07) is 9.50. The smallest absolute Gasteiger partial charge is 0.137 e. The first kappa shape index (κ1) is 11.0. The molecule has 2 aromatic heterocycles. The van der Waals surface area contributed by atoms with E-state index in [1.807, 2.05) is 30.3 Å². The maximum Gasteiger partial charge on any atom is 0.137 e. The Kier molecular flexibility index (Phi) is 2.86. The molecule has 90 valence electrons. The number of hydrogen-bond donors (Lipinski definition) is 0. The van der Waals surface area contributed by atoms with Crippen molar-refractivity contribution < 1.29 is 4.42 Å². The van der Waals surface area contributed by atoms with Gasteiger partial charge in [0, 0.05) is 10.6 Å². The SMILES string of the molecule is Clc1ccc(Cn2cncn2)c(-c2ccco2)c1. The summed E-state index contributed by atoms with van der Waals surface area (Å²) in [5.74, 6) is 0.799. The van der Waals surface area contributed by atoms with E-state index in [-0.39, 0.29) is 0 Å². The number of rotatable bonds is 3. The topological polar surface area (TPSA) is 43.9 Å². The van der Waals surface area contributed by atoms with Crippen molar-refractivity contribution in [2.75, 3.05) is 0 Å². The van der Waals surface area contributed by atoms with Crippen LogP contribution in [0.1, 0.15) is 5.56 Å². The molecule has 0 aliphatic heterocycles. The van der Waals surface area contributed by atoms with E-state index < -0.39 is 0 Å². The monoisotopic (exact) mass is 259 g/mol. The van der Waals surface area contributed by atoms with E-state index in [2.05, 4.69) is 10.1 Å². The van der Waals surface area contributed by atoms with E-state index in [0.29, 0.717) is 11.6 Å². The first-order valence-corrected chi connectivity index (χ1v) is 5.85. The lowest BCUT2D eigenvalue weighted by atomic mass is 10.1. The number of nitrogens with zero attached hydrogens (tertiary/aromatic N) is 3. The highest BCUT2D eigenvalue weighted by atomic mass is 35.5. The molecular formula is C13H10ClN3O. The van der Waals surface area contributed by atoms with Gasteiger partial charge in [0.15, 0.2) is 0 Å². The fourth-order valence-electron chi connectivity index (χ4n) is 1.84. The van der Waals surface area contributed by atoms with Crippen LogP contribution >= 0.6 is 11.6 Å². The zero-order chi connectivity index (χ0) is 12.4. The Hall–Kier alpha value is -2.07. The van der Waals surface area contributed by atoms with Gasteiger partial charge < -0.3 is 4.42 Å². The van der Waals surface area contributed by atoms with Gasteiger partial charge in [-0.2, -0.15) is 5.10 Å². The molecule has 4 nitrogen and oxygen atoms in total. The Labute approximate surface area is 109 Å². The van der Waals surface area contributed by atoms with Gasteiger partial charge in [0.25, 0.3) is 0 Å². The fraction of sp³-hybridized carbons (Fsp3) is 0.0769. The minimum absolute atomic E-state index is 0.632. The van der Waals surface area contributed by atoms with Gasteiger partial charge in [-0.05, 0) is 29.8 Å². The van der Waals surface area contributed by atoms with Crippen LogP contribution in [0.25, 0.3) is 11.3 Å². The Bertz CT molecular complexity index is 632. The van der Waals surface area contributed by atoms with Crippen molar-refractivity contribution >= 4 is 11.6 Å². The summed E-state index contributed by atoms with van der Waals surface area (Å²) < 4.78 is 7.19. The lowest BCUT2D eigenvalue weighted by Crippen LogP contribution is -2.01. The molecule has 5 heteroatoms. The minimum Gasteiger partial charge on any atom is -0.464 e. The van der Waals surface area contributed by atoms with Crippen LogP contribution in [-0.2, 0) is 6.54 Å². The zero-order valence-corrected chi connectivity index (χ0v) is 10.2. The van der Waals surface area contributed by atoms with Gasteiger partial charge >= 0.3 is 0 Å². The first-order chi connectivity index (χ1) is 8.83. The third-order valence-corrected chi connectivity index (χ3v) is 2.89. The molecule has 18 heavy (non-hydrogen) atoms. The predicted octanol–water partition coefficient (Wildman–Crippen LogP) is 3.24. The summed E-state index contributed by atoms with van der Waals surface area (Å²) in [7, 11) is 0. The quantitative estimate of drug-likeness (QED) is 0.725. The largest absolute Gasteiger partial charge is 0.464 e. The van der Waals surface area contributed by atoms with Crippen LogP contribution in [0.15, 0.2) is 53.7 Å². The van der Waals surface area contributed by atoms with E-state index in [1.54, 1.807) is 17.3 Å². The van der Waals surface area contributed by atoms with E-state index >= 15 is 0 Å². The molecule has 0 amide bonds. The van der Waals surface area contributed by atoms with E-state index in [1.165, 1.54) is 6.33 Å². The summed E-state index contributed by atoms with van der Waals surface area (Å²) in [4.78, 5) is 3.93. The van der Waals surface area contributed by atoms with Gasteiger partial charge in [-0.3, -0.25) is 0 Å². The van der Waals surface area contributed by atoms with Crippen LogP contribution in [-0.4, -0.2) is 14.8 Å². The molecule has 0 aliphatic rings. The summed E-state index contributed by atoms with van der Waals surface area (Å²) in [6.45, 7) is 0.632. The predicted molar refractivity (Wildman–Crippen MR) is 68.3 cm³/mol. The maximum atomic E-state index is 6.04. The molecular weight excluding hydrogens is 250 g/mol. The molecule has 3 rings (SSSR count). The van der Waals surface area contributed by atoms with Crippen LogP contribution in [0.4, 0.5) is 0 Å². The average molecular weight is 260 g/mol. The average Bonchev–Trinajstić information content (AvgIpc) is 3.04. The second-order valence-electron chi connectivity index (χ2n) is 3.87. The summed E-state index contributed by atoms with van der Waals surface area (Å²) >= 11 is 6.04. The maximum absolute atomic E-state index is 6.04. The molecule has 0 N–H and O–H groups in total. The van der Waals surface area contributed by atoms with Crippen molar-refractivity contribution in [2.24, 2.45) is 0 Å². The van der Waals surface area contributed by atoms with Crippen molar-refractivity contribution in [3.8, 4) is 11.3 Å². The number of halogens is 1. The number of benzene rings is 1. The Morgan fingerprint density at radius 2 is 2.22 bits per heavy atom. The van der Waals surface area contributed by atoms with E-state index in [9.17, 15) is 0 Å². The molecule has 0 radical (unpaired) electrons. The number of furan rings is 1. The van der Waals surface area contributed by atoms with Crippen LogP contribution in [0.2, 0.25) is 5.02 Å². The Morgan fingerprint density at radius 3 is 2.94 bits per heavy atom. The van der Waals surface area contributed by atoms with Crippen molar-refractivity contribution in [1.82, 2.24) is 14.8 Å². The Morgan fingerprint density at radius 1 is 1.28 bits per heavy atom. The summed E-state index contributed by atoms with van der Waals surface area (Å²) in [5.41, 5.74) is 2.06. The van der Waals surface area contributed by atoms with Crippen molar-refractivity contribution in [1.29, 1.82) is 0 Å². The lowest BCUT2D eigenvalue weighted by molar-refractivity contribution is 0.580. The molecule has 3 aromatic rings. The summed E-state index contributed by atoms with van der Waals surface area (Å²) in [5, 5.41) is 4.78. The van der Waals surface area contributed by atoms with Crippen molar-refractivity contribution in [2.45, 2.75) is 6.54 Å². The molecule has 0 spiro atoms. The van der Waals surface area contributed by atoms with Gasteiger partial charge in [-0.1, -0.05) is 17.7 Å². The van der Waals surface area contributed by atoms with Crippen LogP contribution in [0, 0.1) is 0 Å². The standard InChI is InChI=1S/C13H10ClN3O/c14-11-4-3-10(7-17-9-15-8-16-17)12(6-11)13-2-1-5-18-13/h1-6,8-9H,7H2. The van der Waals surface area contributed by atoms with Gasteiger partial charge in [-0.25, -0.2) is 9.67 Å². The lowest BCUT2D eigenvalue weighted by Gasteiger charge is -2.08. The van der Waals surface area contributed by atoms with Gasteiger partial charge in [0.05, 0.1) is 12.8 Å². The third-order valence-electron chi connectivity index (χ3n) is 2.66. The normalized spacial score (nSPS) is 10.7. The molecule has 2 heterocycles. The van der Waals surface area contributed by atoms with E-state index in [0.717, 1.165) is 16.9 Å². The zero-order valence-electron chi connectivity index (χ0n) is 9.45. The summed E-state index contributed by atoms with van der Waals surface area (Å²) in [6.07, 6.45) is 4.85. The first-order valence-electron chi connectivity index (χ1n) is 5.47. The van der Waals surface area contributed by atoms with Crippen LogP contribution in [0.5, 0.6) is 0 Å². The molecule has 0 unspecified atom stereocenters. The van der Waals surface area contributed by atoms with Crippen LogP contribution in [0.3, 0.4) is 0 Å². The number of hydrogen-bond acceptors (Lipinski definition) is 3. The van der Waals surface area contributed by atoms with Gasteiger partial charge in [0.1, 0.15) is 18.4 Å². The fourth-order valence-corrected chi connectivity index (χ4v) is 2.01. The van der Waals surface area contributed by atoms with E-state index in [4.69, 9.17) is 16.0 Å². The highest BCUT2D eigenvalue weighted by molar-refractivity contribution is 6.30. The van der Waals surface area contributed by atoms with Crippen LogP contribution < -0.4 is 0 Å². The second-order valence-corrected chi connectivity index (χ2v) is 4.31. The van der Waals surface area contributed by atoms with Crippen molar-refractivity contribution in [3.63, 3.8) is 0 Å². The highest BCUT2D eigenvalue weighted by Crippen LogP contribution is 2.27. The molecule has 0 saturated heterocycles. The highest BCUT2D eigenvalue weighted by Gasteiger charge is 2.09. The molecule has 0 atom stereocenters. The second kappa shape index (κ2) is 4.66. The van der Waals surface area contributed by atoms with Gasteiger partial charge in [-0.15, -0.1) is 0 Å². The number of aromatic nitrogens is 3. The minimum atomic E-state index is 0.632. The van der Waals surface area contributed by atoms with Crippen molar-refractivity contribution in [3.05, 3.63) is 59.8 Å². The molecule has 0 aliphatic carbocycles.